The van der Waals surface area contributed by atoms with Crippen LogP contribution in [0.25, 0.3) is 27.9 Å². The number of amides is 1. The molecule has 0 bridgehead atoms. The second kappa shape index (κ2) is 8.93. The number of methoxy groups -OCH3 is 1. The SMILES string of the molecule is COc1ccc(-c2nc3c4ccccc4nc(N[C@@H]4CCCCNC4=O)n3n2)c(OC(F)(F)F)c1. The maximum Gasteiger partial charge on any atom is 0.573 e. The normalized spacial score (nSPS) is 16.7. The molecule has 1 aliphatic rings. The zero-order chi connectivity index (χ0) is 24.6. The zero-order valence-electron chi connectivity index (χ0n) is 18.6. The van der Waals surface area contributed by atoms with Gasteiger partial charge in [-0.05, 0) is 43.5 Å². The van der Waals surface area contributed by atoms with Crippen molar-refractivity contribution in [3.63, 3.8) is 0 Å². The van der Waals surface area contributed by atoms with Crippen molar-refractivity contribution in [2.24, 2.45) is 0 Å². The van der Waals surface area contributed by atoms with E-state index < -0.39 is 18.2 Å². The molecule has 1 saturated heterocycles. The minimum atomic E-state index is -4.92. The first-order valence-corrected chi connectivity index (χ1v) is 11.0. The largest absolute Gasteiger partial charge is 0.573 e. The third-order valence-corrected chi connectivity index (χ3v) is 5.67. The molecular weight excluding hydrogens is 465 g/mol. The number of nitrogens with one attached hydrogen (secondary N) is 2. The number of nitrogens with zero attached hydrogens (tertiary/aromatic N) is 4. The summed E-state index contributed by atoms with van der Waals surface area (Å²) in [6, 6.07) is 10.7. The van der Waals surface area contributed by atoms with Gasteiger partial charge in [-0.2, -0.15) is 4.52 Å². The van der Waals surface area contributed by atoms with Crippen LogP contribution >= 0.6 is 0 Å². The van der Waals surface area contributed by atoms with Gasteiger partial charge in [0, 0.05) is 18.0 Å². The monoisotopic (exact) mass is 486 g/mol. The van der Waals surface area contributed by atoms with Gasteiger partial charge in [-0.1, -0.05) is 12.1 Å². The van der Waals surface area contributed by atoms with Gasteiger partial charge in [-0.3, -0.25) is 4.79 Å². The van der Waals surface area contributed by atoms with Crippen LogP contribution in [0.4, 0.5) is 19.1 Å². The molecule has 12 heteroatoms. The number of benzene rings is 2. The number of halogens is 3. The van der Waals surface area contributed by atoms with Crippen LogP contribution in [0.1, 0.15) is 19.3 Å². The minimum Gasteiger partial charge on any atom is -0.497 e. The third-order valence-electron chi connectivity index (χ3n) is 5.67. The Bertz CT molecular complexity index is 1400. The van der Waals surface area contributed by atoms with Crippen LogP contribution in [0.2, 0.25) is 0 Å². The molecule has 4 aromatic rings. The average molecular weight is 486 g/mol. The summed E-state index contributed by atoms with van der Waals surface area (Å²) in [5, 5.41) is 11.1. The second-order valence-electron chi connectivity index (χ2n) is 8.02. The lowest BCUT2D eigenvalue weighted by atomic mass is 10.1. The maximum atomic E-state index is 13.1. The fourth-order valence-corrected chi connectivity index (χ4v) is 4.02. The molecule has 2 aromatic carbocycles. The Morgan fingerprint density at radius 3 is 2.77 bits per heavy atom. The number of carbonyl (C=O) groups is 1. The smallest absolute Gasteiger partial charge is 0.497 e. The van der Waals surface area contributed by atoms with E-state index in [2.05, 4.69) is 30.4 Å². The third kappa shape index (κ3) is 4.63. The van der Waals surface area contributed by atoms with Gasteiger partial charge < -0.3 is 20.1 Å². The van der Waals surface area contributed by atoms with Crippen molar-refractivity contribution in [1.82, 2.24) is 24.9 Å². The molecule has 35 heavy (non-hydrogen) atoms. The fourth-order valence-electron chi connectivity index (χ4n) is 4.02. The Morgan fingerprint density at radius 1 is 1.14 bits per heavy atom. The van der Waals surface area contributed by atoms with E-state index in [1.165, 1.54) is 23.8 Å². The van der Waals surface area contributed by atoms with Crippen LogP contribution < -0.4 is 20.1 Å². The summed E-state index contributed by atoms with van der Waals surface area (Å²) < 4.78 is 50.0. The Balaban J connectivity index is 1.66. The Kier molecular flexibility index (Phi) is 5.79. The average Bonchev–Trinajstić information content (AvgIpc) is 3.17. The van der Waals surface area contributed by atoms with E-state index in [1.54, 1.807) is 18.2 Å². The molecule has 9 nitrogen and oxygen atoms in total. The number of ether oxygens (including phenoxy) is 2. The molecule has 1 amide bonds. The number of alkyl halides is 3. The van der Waals surface area contributed by atoms with Crippen LogP contribution in [0.5, 0.6) is 11.5 Å². The van der Waals surface area contributed by atoms with Crippen molar-refractivity contribution < 1.29 is 27.4 Å². The summed E-state index contributed by atoms with van der Waals surface area (Å²) in [6.07, 6.45) is -2.60. The molecule has 0 unspecified atom stereocenters. The van der Waals surface area contributed by atoms with Crippen LogP contribution in [0.3, 0.4) is 0 Å². The first-order chi connectivity index (χ1) is 16.8. The van der Waals surface area contributed by atoms with Crippen molar-refractivity contribution in [2.45, 2.75) is 31.7 Å². The van der Waals surface area contributed by atoms with Crippen molar-refractivity contribution in [1.29, 1.82) is 0 Å². The molecule has 182 valence electrons. The molecule has 3 heterocycles. The van der Waals surface area contributed by atoms with Crippen LogP contribution in [-0.4, -0.2) is 51.5 Å². The van der Waals surface area contributed by atoms with Gasteiger partial charge >= 0.3 is 6.36 Å². The highest BCUT2D eigenvalue weighted by molar-refractivity contribution is 5.93. The summed E-state index contributed by atoms with van der Waals surface area (Å²) in [4.78, 5) is 21.6. The molecule has 0 radical (unpaired) electrons. The molecule has 5 rings (SSSR count). The van der Waals surface area contributed by atoms with Gasteiger partial charge in [0.05, 0.1) is 18.2 Å². The first-order valence-electron chi connectivity index (χ1n) is 11.0. The number of fused-ring (bicyclic) bond motifs is 3. The highest BCUT2D eigenvalue weighted by atomic mass is 19.4. The van der Waals surface area contributed by atoms with E-state index in [1.807, 2.05) is 6.07 Å². The molecule has 1 atom stereocenters. The standard InChI is InChI=1S/C23H21F3N6O3/c1-34-13-9-10-15(18(12-13)35-23(24,25)26)19-30-20-14-6-2-3-7-16(14)28-22(32(20)31-19)29-17-8-4-5-11-27-21(17)33/h2-3,6-7,9-10,12,17H,4-5,8,11H2,1H3,(H,27,33)(H,28,29)/t17-/m1/s1. The number of aromatic nitrogens is 4. The predicted octanol–water partition coefficient (Wildman–Crippen LogP) is 3.93. The van der Waals surface area contributed by atoms with Crippen molar-refractivity contribution in [3.8, 4) is 22.9 Å². The van der Waals surface area contributed by atoms with Crippen LogP contribution in [0.15, 0.2) is 42.5 Å². The summed E-state index contributed by atoms with van der Waals surface area (Å²) in [5.74, 6) is -0.208. The van der Waals surface area contributed by atoms with E-state index in [9.17, 15) is 18.0 Å². The number of rotatable bonds is 5. The number of anilines is 1. The summed E-state index contributed by atoms with van der Waals surface area (Å²) >= 11 is 0. The lowest BCUT2D eigenvalue weighted by molar-refractivity contribution is -0.274. The molecule has 0 aliphatic carbocycles. The number of hydrogen-bond acceptors (Lipinski definition) is 7. The van der Waals surface area contributed by atoms with Gasteiger partial charge in [-0.15, -0.1) is 18.3 Å². The molecule has 1 aliphatic heterocycles. The van der Waals surface area contributed by atoms with E-state index in [0.717, 1.165) is 18.9 Å². The van der Waals surface area contributed by atoms with Gasteiger partial charge in [-0.25, -0.2) is 9.97 Å². The fraction of sp³-hybridized carbons (Fsp3) is 0.304. The number of hydrogen-bond donors (Lipinski definition) is 2. The van der Waals surface area contributed by atoms with E-state index in [0.29, 0.717) is 29.5 Å². The van der Waals surface area contributed by atoms with Crippen LogP contribution in [-0.2, 0) is 4.79 Å². The maximum absolute atomic E-state index is 13.1. The van der Waals surface area contributed by atoms with E-state index in [4.69, 9.17) is 4.74 Å². The molecule has 2 N–H and O–H groups in total. The Hall–Kier alpha value is -4.09. The Labute approximate surface area is 197 Å². The van der Waals surface area contributed by atoms with Crippen molar-refractivity contribution >= 4 is 28.4 Å². The number of carbonyl (C=O) groups excluding carboxylic acids is 1. The van der Waals surface area contributed by atoms with E-state index in [-0.39, 0.29) is 29.0 Å². The van der Waals surface area contributed by atoms with Gasteiger partial charge in [0.2, 0.25) is 11.9 Å². The van der Waals surface area contributed by atoms with E-state index >= 15 is 0 Å². The quantitative estimate of drug-likeness (QED) is 0.441. The highest BCUT2D eigenvalue weighted by Gasteiger charge is 2.33. The topological polar surface area (TPSA) is 103 Å². The zero-order valence-corrected chi connectivity index (χ0v) is 18.6. The number of para-hydroxylation sites is 1. The molecule has 2 aromatic heterocycles. The summed E-state index contributed by atoms with van der Waals surface area (Å²) in [5.41, 5.74) is 0.988. The van der Waals surface area contributed by atoms with Crippen LogP contribution in [0, 0.1) is 0 Å². The summed E-state index contributed by atoms with van der Waals surface area (Å²) in [7, 11) is 1.34. The van der Waals surface area contributed by atoms with Gasteiger partial charge in [0.1, 0.15) is 17.5 Å². The van der Waals surface area contributed by atoms with Gasteiger partial charge in [0.25, 0.3) is 0 Å². The van der Waals surface area contributed by atoms with Crippen molar-refractivity contribution in [2.75, 3.05) is 19.0 Å². The van der Waals surface area contributed by atoms with Gasteiger partial charge in [0.15, 0.2) is 11.5 Å². The molecule has 1 fully saturated rings. The molecular formula is C23H21F3N6O3. The second-order valence-corrected chi connectivity index (χ2v) is 8.02. The van der Waals surface area contributed by atoms with Crippen molar-refractivity contribution in [3.05, 3.63) is 42.5 Å². The highest BCUT2D eigenvalue weighted by Crippen LogP contribution is 2.36. The Morgan fingerprint density at radius 2 is 1.97 bits per heavy atom. The first kappa shape index (κ1) is 22.7. The summed E-state index contributed by atoms with van der Waals surface area (Å²) in [6.45, 7) is 0.602. The molecule has 0 spiro atoms. The predicted molar refractivity (Wildman–Crippen MR) is 121 cm³/mol. The molecule has 0 saturated carbocycles. The lowest BCUT2D eigenvalue weighted by Gasteiger charge is -2.16. The minimum absolute atomic E-state index is 0.00146. The lowest BCUT2D eigenvalue weighted by Crippen LogP contribution is -2.38.